The molecule has 5 nitrogen and oxygen atoms in total. The van der Waals surface area contributed by atoms with E-state index in [9.17, 15) is 0 Å². The molecule has 0 radical (unpaired) electrons. The maximum Gasteiger partial charge on any atom is 0.160 e. The van der Waals surface area contributed by atoms with E-state index < -0.39 is 0 Å². The molecule has 1 fully saturated rings. The number of likely N-dealkylation sites (N-methyl/N-ethyl adjacent to an activating group) is 1. The maximum absolute atomic E-state index is 6.31. The van der Waals surface area contributed by atoms with Gasteiger partial charge >= 0.3 is 0 Å². The van der Waals surface area contributed by atoms with Crippen molar-refractivity contribution in [2.45, 2.75) is 44.2 Å². The smallest absolute Gasteiger partial charge is 0.160 e. The average molecular weight is 266 g/mol. The van der Waals surface area contributed by atoms with Crippen molar-refractivity contribution in [3.63, 3.8) is 0 Å². The third-order valence-electron chi connectivity index (χ3n) is 3.99. The molecule has 1 aromatic heterocycles. The van der Waals surface area contributed by atoms with Crippen molar-refractivity contribution in [2.75, 3.05) is 27.7 Å². The summed E-state index contributed by atoms with van der Waals surface area (Å²) in [5, 5.41) is 4.48. The molecule has 0 aliphatic heterocycles. The highest BCUT2D eigenvalue weighted by Gasteiger charge is 2.29. The van der Waals surface area contributed by atoms with Crippen LogP contribution in [0.1, 0.15) is 37.3 Å². The van der Waals surface area contributed by atoms with Crippen LogP contribution >= 0.6 is 0 Å². The van der Waals surface area contributed by atoms with Crippen LogP contribution in [0.25, 0.3) is 0 Å². The first-order valence-electron chi connectivity index (χ1n) is 7.13. The Kier molecular flexibility index (Phi) is 4.82. The van der Waals surface area contributed by atoms with Crippen LogP contribution in [0, 0.1) is 0 Å². The van der Waals surface area contributed by atoms with Crippen LogP contribution in [-0.2, 0) is 6.54 Å². The van der Waals surface area contributed by atoms with E-state index in [0.717, 1.165) is 31.7 Å². The first-order chi connectivity index (χ1) is 9.13. The summed E-state index contributed by atoms with van der Waals surface area (Å²) < 4.78 is 7.56. The Morgan fingerprint density at radius 1 is 1.42 bits per heavy atom. The van der Waals surface area contributed by atoms with Crippen LogP contribution in [0.2, 0.25) is 0 Å². The second-order valence-corrected chi connectivity index (χ2v) is 5.68. The van der Waals surface area contributed by atoms with Crippen molar-refractivity contribution >= 4 is 0 Å². The summed E-state index contributed by atoms with van der Waals surface area (Å²) in [6.07, 6.45) is 6.57. The Morgan fingerprint density at radius 3 is 2.79 bits per heavy atom. The standard InChI is InChI=1S/C14H26N4O/c1-17(2)8-9-18-14(13(19-3)10-16-18)11-6-4-5-7-12(11)15/h10-12H,4-9,15H2,1-3H3. The van der Waals surface area contributed by atoms with E-state index in [-0.39, 0.29) is 6.04 Å². The van der Waals surface area contributed by atoms with E-state index in [4.69, 9.17) is 10.5 Å². The monoisotopic (exact) mass is 266 g/mol. The van der Waals surface area contributed by atoms with Crippen LogP contribution in [0.15, 0.2) is 6.20 Å². The number of nitrogens with zero attached hydrogens (tertiary/aromatic N) is 3. The Morgan fingerprint density at radius 2 is 2.16 bits per heavy atom. The van der Waals surface area contributed by atoms with Gasteiger partial charge in [0, 0.05) is 18.5 Å². The van der Waals surface area contributed by atoms with Crippen LogP contribution in [-0.4, -0.2) is 48.5 Å². The average Bonchev–Trinajstić information content (AvgIpc) is 2.79. The van der Waals surface area contributed by atoms with Gasteiger partial charge in [0.1, 0.15) is 0 Å². The van der Waals surface area contributed by atoms with Gasteiger partial charge in [-0.15, -0.1) is 0 Å². The molecular formula is C14H26N4O. The molecule has 1 heterocycles. The summed E-state index contributed by atoms with van der Waals surface area (Å²) >= 11 is 0. The van der Waals surface area contributed by atoms with Crippen molar-refractivity contribution in [3.8, 4) is 5.75 Å². The number of nitrogens with two attached hydrogens (primary N) is 1. The zero-order chi connectivity index (χ0) is 13.8. The van der Waals surface area contributed by atoms with E-state index >= 15 is 0 Å². The molecule has 0 aromatic carbocycles. The molecule has 0 saturated heterocycles. The first-order valence-corrected chi connectivity index (χ1v) is 7.13. The van der Waals surface area contributed by atoms with Crippen molar-refractivity contribution < 1.29 is 4.74 Å². The zero-order valence-electron chi connectivity index (χ0n) is 12.3. The van der Waals surface area contributed by atoms with E-state index in [0.29, 0.717) is 5.92 Å². The largest absolute Gasteiger partial charge is 0.493 e. The van der Waals surface area contributed by atoms with Gasteiger partial charge in [0.25, 0.3) is 0 Å². The summed E-state index contributed by atoms with van der Waals surface area (Å²) in [7, 11) is 5.87. The molecule has 1 saturated carbocycles. The highest BCUT2D eigenvalue weighted by molar-refractivity contribution is 5.30. The Bertz CT molecular complexity index is 402. The molecule has 5 heteroatoms. The lowest BCUT2D eigenvalue weighted by molar-refractivity contribution is 0.328. The fourth-order valence-corrected chi connectivity index (χ4v) is 2.88. The molecule has 1 aliphatic carbocycles. The van der Waals surface area contributed by atoms with E-state index in [1.54, 1.807) is 7.11 Å². The van der Waals surface area contributed by atoms with Gasteiger partial charge in [0.05, 0.1) is 25.5 Å². The lowest BCUT2D eigenvalue weighted by Crippen LogP contribution is -2.33. The zero-order valence-corrected chi connectivity index (χ0v) is 12.3. The molecular weight excluding hydrogens is 240 g/mol. The third-order valence-corrected chi connectivity index (χ3v) is 3.99. The van der Waals surface area contributed by atoms with Gasteiger partial charge in [0.2, 0.25) is 0 Å². The van der Waals surface area contributed by atoms with Crippen molar-refractivity contribution in [3.05, 3.63) is 11.9 Å². The molecule has 2 rings (SSSR count). The molecule has 108 valence electrons. The number of rotatable bonds is 5. The second-order valence-electron chi connectivity index (χ2n) is 5.68. The first kappa shape index (κ1) is 14.3. The number of aromatic nitrogens is 2. The lowest BCUT2D eigenvalue weighted by Gasteiger charge is -2.29. The Hall–Kier alpha value is -1.07. The minimum absolute atomic E-state index is 0.234. The Balaban J connectivity index is 2.22. The summed E-state index contributed by atoms with van der Waals surface area (Å²) in [5.74, 6) is 1.27. The van der Waals surface area contributed by atoms with Crippen LogP contribution in [0.5, 0.6) is 5.75 Å². The molecule has 19 heavy (non-hydrogen) atoms. The SMILES string of the molecule is COc1cnn(CCN(C)C)c1C1CCCCC1N. The van der Waals surface area contributed by atoms with Crippen LogP contribution in [0.4, 0.5) is 0 Å². The van der Waals surface area contributed by atoms with Crippen molar-refractivity contribution in [1.82, 2.24) is 14.7 Å². The summed E-state index contributed by atoms with van der Waals surface area (Å²) in [5.41, 5.74) is 7.50. The molecule has 1 aromatic rings. The molecule has 2 unspecified atom stereocenters. The third kappa shape index (κ3) is 3.28. The molecule has 1 aliphatic rings. The van der Waals surface area contributed by atoms with Gasteiger partial charge < -0.3 is 15.4 Å². The molecule has 0 bridgehead atoms. The predicted molar refractivity (Wildman–Crippen MR) is 76.5 cm³/mol. The van der Waals surface area contributed by atoms with Gasteiger partial charge in [0.15, 0.2) is 5.75 Å². The van der Waals surface area contributed by atoms with Gasteiger partial charge in [-0.2, -0.15) is 5.10 Å². The molecule has 2 N–H and O–H groups in total. The Labute approximate surface area is 115 Å². The summed E-state index contributed by atoms with van der Waals surface area (Å²) in [6.45, 7) is 1.86. The maximum atomic E-state index is 6.31. The van der Waals surface area contributed by atoms with Gasteiger partial charge in [-0.3, -0.25) is 4.68 Å². The van der Waals surface area contributed by atoms with Gasteiger partial charge in [-0.1, -0.05) is 12.8 Å². The van der Waals surface area contributed by atoms with E-state index in [1.807, 2.05) is 6.20 Å². The van der Waals surface area contributed by atoms with Crippen LogP contribution < -0.4 is 10.5 Å². The topological polar surface area (TPSA) is 56.3 Å². The summed E-state index contributed by atoms with van der Waals surface area (Å²) in [4.78, 5) is 2.17. The van der Waals surface area contributed by atoms with E-state index in [1.165, 1.54) is 18.5 Å². The fourth-order valence-electron chi connectivity index (χ4n) is 2.88. The van der Waals surface area contributed by atoms with Crippen molar-refractivity contribution in [1.29, 1.82) is 0 Å². The summed E-state index contributed by atoms with van der Waals surface area (Å²) in [6, 6.07) is 0.234. The van der Waals surface area contributed by atoms with Gasteiger partial charge in [-0.25, -0.2) is 0 Å². The molecule has 0 amide bonds. The number of hydrogen-bond donors (Lipinski definition) is 1. The normalized spacial score (nSPS) is 23.8. The highest BCUT2D eigenvalue weighted by atomic mass is 16.5. The predicted octanol–water partition coefficient (Wildman–Crippen LogP) is 1.44. The number of methoxy groups -OCH3 is 1. The number of hydrogen-bond acceptors (Lipinski definition) is 4. The minimum atomic E-state index is 0.234. The van der Waals surface area contributed by atoms with Crippen LogP contribution in [0.3, 0.4) is 0 Å². The highest BCUT2D eigenvalue weighted by Crippen LogP contribution is 2.36. The second kappa shape index (κ2) is 6.39. The fraction of sp³-hybridized carbons (Fsp3) is 0.786. The van der Waals surface area contributed by atoms with E-state index in [2.05, 4.69) is 28.8 Å². The number of ether oxygens (including phenoxy) is 1. The molecule has 2 atom stereocenters. The minimum Gasteiger partial charge on any atom is -0.493 e. The quantitative estimate of drug-likeness (QED) is 0.876. The lowest BCUT2D eigenvalue weighted by atomic mass is 9.82. The van der Waals surface area contributed by atoms with Crippen molar-refractivity contribution in [2.24, 2.45) is 5.73 Å². The van der Waals surface area contributed by atoms with Gasteiger partial charge in [-0.05, 0) is 26.9 Å². The molecule has 0 spiro atoms.